The van der Waals surface area contributed by atoms with E-state index in [1.54, 1.807) is 11.3 Å². The SMILES string of the molecule is Cc1ccc2c(ccc[n+]2Cc2nc3ccccc3s2)c1. The Hall–Kier alpha value is -2.26. The number of rotatable bonds is 2. The van der Waals surface area contributed by atoms with Gasteiger partial charge in [0.1, 0.15) is 0 Å². The van der Waals surface area contributed by atoms with Crippen molar-refractivity contribution in [3.05, 3.63) is 71.4 Å². The molecule has 2 aromatic carbocycles. The van der Waals surface area contributed by atoms with E-state index in [4.69, 9.17) is 4.98 Å². The van der Waals surface area contributed by atoms with E-state index in [0.29, 0.717) is 0 Å². The minimum absolute atomic E-state index is 0.819. The van der Waals surface area contributed by atoms with Crippen LogP contribution in [0.5, 0.6) is 0 Å². The molecule has 4 aromatic rings. The number of hydrogen-bond acceptors (Lipinski definition) is 2. The summed E-state index contributed by atoms with van der Waals surface area (Å²) in [5.41, 5.74) is 3.64. The third-order valence-corrected chi connectivity index (χ3v) is 4.70. The summed E-state index contributed by atoms with van der Waals surface area (Å²) in [4.78, 5) is 4.73. The lowest BCUT2D eigenvalue weighted by Gasteiger charge is -2.00. The predicted molar refractivity (Wildman–Crippen MR) is 87.6 cm³/mol. The van der Waals surface area contributed by atoms with Crippen molar-refractivity contribution in [3.63, 3.8) is 0 Å². The summed E-state index contributed by atoms with van der Waals surface area (Å²) >= 11 is 1.77. The van der Waals surface area contributed by atoms with Crippen molar-refractivity contribution in [1.82, 2.24) is 4.98 Å². The van der Waals surface area contributed by atoms with Crippen molar-refractivity contribution in [3.8, 4) is 0 Å². The molecule has 0 bridgehead atoms. The average Bonchev–Trinajstić information content (AvgIpc) is 2.89. The lowest BCUT2D eigenvalue weighted by atomic mass is 10.1. The highest BCUT2D eigenvalue weighted by Gasteiger charge is 2.12. The first-order chi connectivity index (χ1) is 10.3. The molecule has 21 heavy (non-hydrogen) atoms. The summed E-state index contributed by atoms with van der Waals surface area (Å²) in [7, 11) is 0. The number of fused-ring (bicyclic) bond motifs is 2. The van der Waals surface area contributed by atoms with E-state index in [1.807, 2.05) is 6.07 Å². The molecule has 2 nitrogen and oxygen atoms in total. The van der Waals surface area contributed by atoms with E-state index in [2.05, 4.69) is 66.2 Å². The van der Waals surface area contributed by atoms with Gasteiger partial charge in [-0.15, -0.1) is 11.3 Å². The lowest BCUT2D eigenvalue weighted by Crippen LogP contribution is -2.34. The van der Waals surface area contributed by atoms with Crippen LogP contribution in [0.1, 0.15) is 10.6 Å². The summed E-state index contributed by atoms with van der Waals surface area (Å²) in [5.74, 6) is 0. The van der Waals surface area contributed by atoms with Crippen molar-refractivity contribution in [2.45, 2.75) is 13.5 Å². The standard InChI is InChI=1S/C18H15N2S/c1-13-8-9-16-14(11-13)5-4-10-20(16)12-18-19-15-6-2-3-7-17(15)21-18/h2-11H,12H2,1H3/q+1. The normalized spacial score (nSPS) is 11.3. The quantitative estimate of drug-likeness (QED) is 0.508. The van der Waals surface area contributed by atoms with Gasteiger partial charge in [-0.1, -0.05) is 23.8 Å². The number of para-hydroxylation sites is 1. The van der Waals surface area contributed by atoms with Crippen LogP contribution in [0.3, 0.4) is 0 Å². The Morgan fingerprint density at radius 3 is 2.86 bits per heavy atom. The molecule has 4 rings (SSSR count). The second-order valence-corrected chi connectivity index (χ2v) is 6.39. The Kier molecular flexibility index (Phi) is 2.93. The lowest BCUT2D eigenvalue weighted by molar-refractivity contribution is -0.662. The molecule has 0 atom stereocenters. The van der Waals surface area contributed by atoms with Gasteiger partial charge in [-0.25, -0.2) is 4.98 Å². The first-order valence-corrected chi connectivity index (χ1v) is 7.84. The highest BCUT2D eigenvalue weighted by Crippen LogP contribution is 2.21. The first kappa shape index (κ1) is 12.5. The maximum Gasteiger partial charge on any atom is 0.212 e. The van der Waals surface area contributed by atoms with Crippen LogP contribution in [-0.2, 0) is 6.54 Å². The number of hydrogen-bond donors (Lipinski definition) is 0. The maximum absolute atomic E-state index is 4.73. The molecule has 2 aromatic heterocycles. The van der Waals surface area contributed by atoms with E-state index in [-0.39, 0.29) is 0 Å². The van der Waals surface area contributed by atoms with Crippen molar-refractivity contribution < 1.29 is 4.57 Å². The molecule has 0 amide bonds. The van der Waals surface area contributed by atoms with Crippen molar-refractivity contribution in [1.29, 1.82) is 0 Å². The van der Waals surface area contributed by atoms with Crippen molar-refractivity contribution in [2.75, 3.05) is 0 Å². The van der Waals surface area contributed by atoms with Crippen LogP contribution in [0.4, 0.5) is 0 Å². The van der Waals surface area contributed by atoms with Gasteiger partial charge in [0.15, 0.2) is 11.2 Å². The van der Waals surface area contributed by atoms with E-state index in [0.717, 1.165) is 17.1 Å². The largest absolute Gasteiger partial charge is 0.234 e. The molecular formula is C18H15N2S+. The maximum atomic E-state index is 4.73. The van der Waals surface area contributed by atoms with Gasteiger partial charge >= 0.3 is 0 Å². The number of aryl methyl sites for hydroxylation is 1. The van der Waals surface area contributed by atoms with Crippen LogP contribution in [0.2, 0.25) is 0 Å². The van der Waals surface area contributed by atoms with Crippen LogP contribution in [-0.4, -0.2) is 4.98 Å². The number of thiazole rings is 1. The van der Waals surface area contributed by atoms with Gasteiger partial charge in [-0.05, 0) is 31.2 Å². The number of nitrogens with zero attached hydrogens (tertiary/aromatic N) is 2. The molecule has 0 fully saturated rings. The van der Waals surface area contributed by atoms with Gasteiger partial charge in [-0.2, -0.15) is 4.57 Å². The summed E-state index contributed by atoms with van der Waals surface area (Å²) in [6, 6.07) is 19.2. The van der Waals surface area contributed by atoms with Gasteiger partial charge in [0.05, 0.1) is 10.2 Å². The van der Waals surface area contributed by atoms with Gasteiger partial charge in [0.25, 0.3) is 0 Å². The van der Waals surface area contributed by atoms with Crippen molar-refractivity contribution in [2.24, 2.45) is 0 Å². The van der Waals surface area contributed by atoms with Crippen LogP contribution >= 0.6 is 11.3 Å². The number of pyridine rings is 1. The molecule has 0 aliphatic carbocycles. The highest BCUT2D eigenvalue weighted by molar-refractivity contribution is 7.18. The third kappa shape index (κ3) is 2.30. The molecule has 0 aliphatic heterocycles. The van der Waals surface area contributed by atoms with Gasteiger partial charge in [-0.3, -0.25) is 0 Å². The van der Waals surface area contributed by atoms with E-state index < -0.39 is 0 Å². The Bertz CT molecular complexity index is 907. The number of benzene rings is 2. The molecule has 0 unspecified atom stereocenters. The monoisotopic (exact) mass is 291 g/mol. The van der Waals surface area contributed by atoms with Gasteiger partial charge < -0.3 is 0 Å². The molecule has 0 radical (unpaired) electrons. The Morgan fingerprint density at radius 1 is 1.05 bits per heavy atom. The molecule has 2 heterocycles. The Balaban J connectivity index is 1.80. The fourth-order valence-electron chi connectivity index (χ4n) is 2.67. The van der Waals surface area contributed by atoms with Gasteiger partial charge in [0, 0.05) is 17.5 Å². The van der Waals surface area contributed by atoms with Crippen LogP contribution in [0, 0.1) is 6.92 Å². The molecular weight excluding hydrogens is 276 g/mol. The predicted octanol–water partition coefficient (Wildman–Crippen LogP) is 4.09. The Morgan fingerprint density at radius 2 is 1.95 bits per heavy atom. The smallest absolute Gasteiger partial charge is 0.212 e. The molecule has 0 aliphatic rings. The van der Waals surface area contributed by atoms with Crippen molar-refractivity contribution >= 4 is 32.5 Å². The van der Waals surface area contributed by atoms with E-state index in [9.17, 15) is 0 Å². The molecule has 0 spiro atoms. The zero-order valence-corrected chi connectivity index (χ0v) is 12.6. The van der Waals surface area contributed by atoms with Crippen LogP contribution in [0.15, 0.2) is 60.8 Å². The molecule has 3 heteroatoms. The second-order valence-electron chi connectivity index (χ2n) is 5.27. The summed E-state index contributed by atoms with van der Waals surface area (Å²) in [5, 5.41) is 2.42. The zero-order valence-electron chi connectivity index (χ0n) is 11.8. The number of aromatic nitrogens is 2. The second kappa shape index (κ2) is 4.93. The molecule has 102 valence electrons. The fraction of sp³-hybridized carbons (Fsp3) is 0.111. The summed E-state index contributed by atoms with van der Waals surface area (Å²) in [6.07, 6.45) is 2.13. The first-order valence-electron chi connectivity index (χ1n) is 7.03. The van der Waals surface area contributed by atoms with E-state index >= 15 is 0 Å². The molecule has 0 saturated carbocycles. The topological polar surface area (TPSA) is 16.8 Å². The van der Waals surface area contributed by atoms with Gasteiger partial charge in [0.2, 0.25) is 12.1 Å². The Labute approximate surface area is 127 Å². The average molecular weight is 291 g/mol. The van der Waals surface area contributed by atoms with E-state index in [1.165, 1.54) is 21.2 Å². The zero-order chi connectivity index (χ0) is 14.2. The fourth-order valence-corrected chi connectivity index (χ4v) is 3.64. The summed E-state index contributed by atoms with van der Waals surface area (Å²) < 4.78 is 3.52. The minimum atomic E-state index is 0.819. The minimum Gasteiger partial charge on any atom is -0.234 e. The summed E-state index contributed by atoms with van der Waals surface area (Å²) in [6.45, 7) is 2.95. The van der Waals surface area contributed by atoms with Crippen LogP contribution < -0.4 is 4.57 Å². The third-order valence-electron chi connectivity index (χ3n) is 3.68. The highest BCUT2D eigenvalue weighted by atomic mass is 32.1. The molecule has 0 saturated heterocycles. The molecule has 0 N–H and O–H groups in total. The van der Waals surface area contributed by atoms with Crippen LogP contribution in [0.25, 0.3) is 21.1 Å².